The van der Waals surface area contributed by atoms with Gasteiger partial charge in [0.15, 0.2) is 0 Å². The molecule has 0 saturated carbocycles. The number of hydrogen-bond acceptors (Lipinski definition) is 2. The number of allylic oxidation sites excluding steroid dienone is 1. The molecule has 1 aromatic heterocycles. The minimum Gasteiger partial charge on any atom is -0.267 e. The average molecular weight is 265 g/mol. The lowest BCUT2D eigenvalue weighted by molar-refractivity contribution is 1.01. The zero-order valence-electron chi connectivity index (χ0n) is 7.90. The monoisotopic (exact) mass is 264 g/mol. The molecule has 1 aromatic carbocycles. The third-order valence-electron chi connectivity index (χ3n) is 2.09. The van der Waals surface area contributed by atoms with Crippen LogP contribution < -0.4 is 5.56 Å². The second kappa shape index (κ2) is 4.40. The number of hydrogen-bond donors (Lipinski definition) is 1. The fraction of sp³-hybridized carbons (Fsp3) is 0.0909. The molecular weight excluding hydrogens is 256 g/mol. The van der Waals surface area contributed by atoms with Crippen LogP contribution in [0, 0.1) is 0 Å². The van der Waals surface area contributed by atoms with Crippen molar-refractivity contribution in [2.24, 2.45) is 0 Å². The molecule has 0 aliphatic rings. The molecule has 0 aliphatic carbocycles. The smallest absolute Gasteiger partial charge is 0.267 e. The third kappa shape index (κ3) is 2.15. The second-order valence-corrected chi connectivity index (χ2v) is 3.75. The summed E-state index contributed by atoms with van der Waals surface area (Å²) in [5.74, 6) is 0. The number of alkyl halides is 1. The van der Waals surface area contributed by atoms with E-state index in [2.05, 4.69) is 26.1 Å². The summed E-state index contributed by atoms with van der Waals surface area (Å²) in [6.07, 6.45) is 5.65. The molecule has 1 N–H and O–H groups in total. The lowest BCUT2D eigenvalue weighted by atomic mass is 10.1. The molecule has 76 valence electrons. The highest BCUT2D eigenvalue weighted by Gasteiger charge is 1.97. The van der Waals surface area contributed by atoms with Crippen molar-refractivity contribution in [1.29, 1.82) is 0 Å². The van der Waals surface area contributed by atoms with Gasteiger partial charge in [-0.25, -0.2) is 5.10 Å². The molecule has 0 atom stereocenters. The zero-order valence-corrected chi connectivity index (χ0v) is 9.49. The maximum absolute atomic E-state index is 11.4. The first-order valence-electron chi connectivity index (χ1n) is 4.51. The Morgan fingerprint density at radius 1 is 1.47 bits per heavy atom. The topological polar surface area (TPSA) is 45.8 Å². The lowest BCUT2D eigenvalue weighted by Crippen LogP contribution is -2.06. The largest absolute Gasteiger partial charge is 0.272 e. The highest BCUT2D eigenvalue weighted by Crippen LogP contribution is 2.12. The van der Waals surface area contributed by atoms with E-state index in [1.807, 2.05) is 30.4 Å². The Balaban J connectivity index is 2.57. The molecule has 2 rings (SSSR count). The standard InChI is InChI=1S/C11H9BrN2O/c12-5-1-2-8-3-4-10-9(6-8)7-13-14-11(10)15/h1-4,6-7H,5H2,(H,14,15). The number of aromatic amines is 1. The van der Waals surface area contributed by atoms with Gasteiger partial charge in [0.1, 0.15) is 0 Å². The number of halogens is 1. The number of aromatic nitrogens is 2. The predicted molar refractivity (Wildman–Crippen MR) is 65.2 cm³/mol. The zero-order chi connectivity index (χ0) is 10.7. The van der Waals surface area contributed by atoms with Crippen molar-refractivity contribution in [3.8, 4) is 0 Å². The Morgan fingerprint density at radius 3 is 3.13 bits per heavy atom. The van der Waals surface area contributed by atoms with Crippen LogP contribution in [0.4, 0.5) is 0 Å². The summed E-state index contributed by atoms with van der Waals surface area (Å²) < 4.78 is 0. The van der Waals surface area contributed by atoms with Gasteiger partial charge < -0.3 is 0 Å². The van der Waals surface area contributed by atoms with E-state index in [0.717, 1.165) is 16.3 Å². The fourth-order valence-corrected chi connectivity index (χ4v) is 1.59. The Hall–Kier alpha value is -1.42. The Morgan fingerprint density at radius 2 is 2.33 bits per heavy atom. The molecule has 0 saturated heterocycles. The number of nitrogens with one attached hydrogen (secondary N) is 1. The number of H-pyrrole nitrogens is 1. The maximum atomic E-state index is 11.4. The molecular formula is C11H9BrN2O. The quantitative estimate of drug-likeness (QED) is 0.847. The van der Waals surface area contributed by atoms with E-state index in [1.165, 1.54) is 0 Å². The summed E-state index contributed by atoms with van der Waals surface area (Å²) >= 11 is 3.31. The fourth-order valence-electron chi connectivity index (χ4n) is 1.40. The minimum atomic E-state index is -0.150. The minimum absolute atomic E-state index is 0.150. The van der Waals surface area contributed by atoms with Crippen molar-refractivity contribution in [1.82, 2.24) is 10.2 Å². The van der Waals surface area contributed by atoms with Gasteiger partial charge in [-0.15, -0.1) is 0 Å². The van der Waals surface area contributed by atoms with Gasteiger partial charge >= 0.3 is 0 Å². The van der Waals surface area contributed by atoms with E-state index in [4.69, 9.17) is 0 Å². The summed E-state index contributed by atoms with van der Waals surface area (Å²) in [6.45, 7) is 0. The van der Waals surface area contributed by atoms with E-state index in [0.29, 0.717) is 5.39 Å². The van der Waals surface area contributed by atoms with Gasteiger partial charge in [-0.2, -0.15) is 5.10 Å². The predicted octanol–water partition coefficient (Wildman–Crippen LogP) is 2.33. The SMILES string of the molecule is O=c1[nH]ncc2cc(C=CCBr)ccc12. The molecule has 0 fully saturated rings. The van der Waals surface area contributed by atoms with Crippen LogP contribution >= 0.6 is 15.9 Å². The van der Waals surface area contributed by atoms with E-state index in [1.54, 1.807) is 6.20 Å². The van der Waals surface area contributed by atoms with Crippen molar-refractivity contribution in [2.45, 2.75) is 0 Å². The Bertz CT molecular complexity index is 560. The van der Waals surface area contributed by atoms with Gasteiger partial charge in [-0.1, -0.05) is 34.1 Å². The van der Waals surface area contributed by atoms with Crippen LogP contribution in [0.2, 0.25) is 0 Å². The van der Waals surface area contributed by atoms with Crippen LogP contribution in [0.5, 0.6) is 0 Å². The van der Waals surface area contributed by atoms with Crippen LogP contribution in [-0.2, 0) is 0 Å². The Kier molecular flexibility index (Phi) is 2.97. The number of rotatable bonds is 2. The summed E-state index contributed by atoms with van der Waals surface area (Å²) in [5, 5.41) is 8.51. The van der Waals surface area contributed by atoms with Gasteiger partial charge in [-0.05, 0) is 17.7 Å². The number of fused-ring (bicyclic) bond motifs is 1. The Labute approximate surface area is 95.0 Å². The van der Waals surface area contributed by atoms with Crippen LogP contribution in [0.15, 0.2) is 35.3 Å². The molecule has 0 spiro atoms. The van der Waals surface area contributed by atoms with Crippen LogP contribution in [-0.4, -0.2) is 15.5 Å². The second-order valence-electron chi connectivity index (χ2n) is 3.10. The molecule has 15 heavy (non-hydrogen) atoms. The summed E-state index contributed by atoms with van der Waals surface area (Å²) in [5.41, 5.74) is 0.915. The summed E-state index contributed by atoms with van der Waals surface area (Å²) in [7, 11) is 0. The average Bonchev–Trinajstić information content (AvgIpc) is 2.26. The van der Waals surface area contributed by atoms with E-state index in [9.17, 15) is 4.79 Å². The number of nitrogens with zero attached hydrogens (tertiary/aromatic N) is 1. The molecule has 0 unspecified atom stereocenters. The highest BCUT2D eigenvalue weighted by atomic mass is 79.9. The van der Waals surface area contributed by atoms with Gasteiger partial charge in [0.2, 0.25) is 0 Å². The molecule has 0 amide bonds. The first kappa shape index (κ1) is 10.1. The van der Waals surface area contributed by atoms with Crippen molar-refractivity contribution in [3.63, 3.8) is 0 Å². The van der Waals surface area contributed by atoms with Crippen LogP contribution in [0.1, 0.15) is 5.56 Å². The molecule has 0 aliphatic heterocycles. The van der Waals surface area contributed by atoms with E-state index in [-0.39, 0.29) is 5.56 Å². The van der Waals surface area contributed by atoms with Gasteiger partial charge in [0, 0.05) is 10.7 Å². The van der Waals surface area contributed by atoms with Crippen molar-refractivity contribution < 1.29 is 0 Å². The molecule has 3 nitrogen and oxygen atoms in total. The molecule has 0 radical (unpaired) electrons. The van der Waals surface area contributed by atoms with Crippen LogP contribution in [0.25, 0.3) is 16.8 Å². The highest BCUT2D eigenvalue weighted by molar-refractivity contribution is 9.09. The first-order valence-corrected chi connectivity index (χ1v) is 5.63. The first-order chi connectivity index (χ1) is 7.31. The van der Waals surface area contributed by atoms with Crippen molar-refractivity contribution in [2.75, 3.05) is 5.33 Å². The maximum Gasteiger partial charge on any atom is 0.272 e. The van der Waals surface area contributed by atoms with E-state index >= 15 is 0 Å². The van der Waals surface area contributed by atoms with Crippen molar-refractivity contribution in [3.05, 3.63) is 46.4 Å². The summed E-state index contributed by atoms with van der Waals surface area (Å²) in [4.78, 5) is 11.4. The van der Waals surface area contributed by atoms with Gasteiger partial charge in [0.05, 0.1) is 11.6 Å². The molecule has 0 bridgehead atoms. The van der Waals surface area contributed by atoms with E-state index < -0.39 is 0 Å². The number of benzene rings is 1. The van der Waals surface area contributed by atoms with Gasteiger partial charge in [-0.3, -0.25) is 4.79 Å². The van der Waals surface area contributed by atoms with Gasteiger partial charge in [0.25, 0.3) is 5.56 Å². The normalized spacial score (nSPS) is 11.3. The lowest BCUT2D eigenvalue weighted by Gasteiger charge is -1.97. The molecule has 1 heterocycles. The van der Waals surface area contributed by atoms with Crippen LogP contribution in [0.3, 0.4) is 0 Å². The van der Waals surface area contributed by atoms with Crippen molar-refractivity contribution >= 4 is 32.8 Å². The molecule has 4 heteroatoms. The third-order valence-corrected chi connectivity index (χ3v) is 2.46. The molecule has 2 aromatic rings. The summed E-state index contributed by atoms with van der Waals surface area (Å²) in [6, 6.07) is 5.66.